The van der Waals surface area contributed by atoms with E-state index in [1.807, 2.05) is 31.2 Å². The Bertz CT molecular complexity index is 353. The molecule has 0 radical (unpaired) electrons. The Hall–Kier alpha value is -0.870. The summed E-state index contributed by atoms with van der Waals surface area (Å²) in [6.45, 7) is 2.01. The van der Waals surface area contributed by atoms with E-state index in [9.17, 15) is 4.21 Å². The fourth-order valence-electron chi connectivity index (χ4n) is 1.36. The van der Waals surface area contributed by atoms with Crippen molar-refractivity contribution in [1.82, 2.24) is 4.31 Å². The first kappa shape index (κ1) is 8.72. The van der Waals surface area contributed by atoms with Crippen molar-refractivity contribution in [2.75, 3.05) is 7.05 Å². The molecule has 3 nitrogen and oxygen atoms in total. The van der Waals surface area contributed by atoms with E-state index >= 15 is 0 Å². The van der Waals surface area contributed by atoms with E-state index in [2.05, 4.69) is 0 Å². The summed E-state index contributed by atoms with van der Waals surface area (Å²) in [7, 11) is 1.79. The monoisotopic (exact) mass is 197 g/mol. The lowest BCUT2D eigenvalue weighted by Crippen LogP contribution is -2.32. The van der Waals surface area contributed by atoms with Crippen molar-refractivity contribution in [3.63, 3.8) is 0 Å². The van der Waals surface area contributed by atoms with Gasteiger partial charge in [0.05, 0.1) is 6.04 Å². The van der Waals surface area contributed by atoms with Gasteiger partial charge in [0.25, 0.3) is 11.3 Å². The topological polar surface area (TPSA) is 29.5 Å². The second-order valence-corrected chi connectivity index (χ2v) is 4.24. The van der Waals surface area contributed by atoms with E-state index in [-0.39, 0.29) is 6.04 Å². The first-order chi connectivity index (χ1) is 6.20. The van der Waals surface area contributed by atoms with Crippen LogP contribution in [0.4, 0.5) is 0 Å². The SMILES string of the molecule is CC1c2ccccc2OS(=O)N1C. The molecule has 2 rings (SSSR count). The summed E-state index contributed by atoms with van der Waals surface area (Å²) >= 11 is -1.34. The van der Waals surface area contributed by atoms with E-state index in [0.717, 1.165) is 11.3 Å². The zero-order valence-electron chi connectivity index (χ0n) is 7.56. The van der Waals surface area contributed by atoms with Gasteiger partial charge in [-0.2, -0.15) is 8.51 Å². The van der Waals surface area contributed by atoms with Crippen molar-refractivity contribution < 1.29 is 8.39 Å². The zero-order valence-corrected chi connectivity index (χ0v) is 8.38. The average molecular weight is 197 g/mol. The largest absolute Gasteiger partial charge is 0.389 e. The van der Waals surface area contributed by atoms with Gasteiger partial charge in [-0.25, -0.2) is 0 Å². The third-order valence-corrected chi connectivity index (χ3v) is 3.42. The maximum absolute atomic E-state index is 11.4. The molecular weight excluding hydrogens is 186 g/mol. The minimum atomic E-state index is -1.34. The van der Waals surface area contributed by atoms with Gasteiger partial charge in [-0.3, -0.25) is 0 Å². The van der Waals surface area contributed by atoms with Crippen molar-refractivity contribution in [3.8, 4) is 5.75 Å². The molecule has 0 bridgehead atoms. The lowest BCUT2D eigenvalue weighted by Gasteiger charge is -2.29. The summed E-state index contributed by atoms with van der Waals surface area (Å²) in [5.41, 5.74) is 1.09. The minimum Gasteiger partial charge on any atom is -0.389 e. The predicted molar refractivity (Wildman–Crippen MR) is 51.4 cm³/mol. The fraction of sp³-hybridized carbons (Fsp3) is 0.333. The van der Waals surface area contributed by atoms with Crippen LogP contribution in [0.1, 0.15) is 18.5 Å². The van der Waals surface area contributed by atoms with Crippen LogP contribution in [0.5, 0.6) is 5.75 Å². The van der Waals surface area contributed by atoms with Gasteiger partial charge in [0.2, 0.25) is 0 Å². The van der Waals surface area contributed by atoms with Crippen molar-refractivity contribution in [3.05, 3.63) is 29.8 Å². The van der Waals surface area contributed by atoms with Gasteiger partial charge < -0.3 is 4.18 Å². The zero-order chi connectivity index (χ0) is 9.42. The smallest absolute Gasteiger partial charge is 0.291 e. The summed E-state index contributed by atoms with van der Waals surface area (Å²) in [4.78, 5) is 0. The maximum Gasteiger partial charge on any atom is 0.291 e. The van der Waals surface area contributed by atoms with Gasteiger partial charge in [0, 0.05) is 12.6 Å². The highest BCUT2D eigenvalue weighted by atomic mass is 32.2. The first-order valence-electron chi connectivity index (χ1n) is 4.12. The summed E-state index contributed by atoms with van der Waals surface area (Å²) in [5.74, 6) is 0.728. The van der Waals surface area contributed by atoms with E-state index in [4.69, 9.17) is 4.18 Å². The van der Waals surface area contributed by atoms with Crippen LogP contribution >= 0.6 is 0 Å². The van der Waals surface area contributed by atoms with Crippen LogP contribution in [0.2, 0.25) is 0 Å². The van der Waals surface area contributed by atoms with Crippen LogP contribution in [-0.4, -0.2) is 15.6 Å². The van der Waals surface area contributed by atoms with Gasteiger partial charge in [-0.15, -0.1) is 0 Å². The van der Waals surface area contributed by atoms with Crippen LogP contribution in [0.3, 0.4) is 0 Å². The first-order valence-corrected chi connectivity index (χ1v) is 5.15. The van der Waals surface area contributed by atoms with Crippen molar-refractivity contribution in [2.45, 2.75) is 13.0 Å². The molecule has 0 amide bonds. The van der Waals surface area contributed by atoms with E-state index < -0.39 is 11.3 Å². The normalized spacial score (nSPS) is 27.8. The predicted octanol–water partition coefficient (Wildman–Crippen LogP) is 1.65. The van der Waals surface area contributed by atoms with Crippen LogP contribution in [0.25, 0.3) is 0 Å². The molecule has 0 saturated heterocycles. The van der Waals surface area contributed by atoms with Crippen LogP contribution in [-0.2, 0) is 11.3 Å². The average Bonchev–Trinajstić information content (AvgIpc) is 2.15. The number of benzene rings is 1. The van der Waals surface area contributed by atoms with Crippen molar-refractivity contribution >= 4 is 11.3 Å². The molecule has 4 heteroatoms. The fourth-order valence-corrected chi connectivity index (χ4v) is 2.16. The standard InChI is InChI=1S/C9H11NO2S/c1-7-8-5-3-4-6-9(8)12-13(11)10(7)2/h3-7H,1-2H3. The number of hydrogen-bond donors (Lipinski definition) is 0. The Morgan fingerprint density at radius 1 is 1.46 bits per heavy atom. The van der Waals surface area contributed by atoms with Crippen molar-refractivity contribution in [2.24, 2.45) is 0 Å². The molecule has 1 heterocycles. The van der Waals surface area contributed by atoms with Crippen LogP contribution < -0.4 is 4.18 Å². The Kier molecular flexibility index (Phi) is 2.09. The second kappa shape index (κ2) is 3.12. The van der Waals surface area contributed by atoms with Crippen LogP contribution in [0, 0.1) is 0 Å². The number of fused-ring (bicyclic) bond motifs is 1. The highest BCUT2D eigenvalue weighted by molar-refractivity contribution is 7.78. The lowest BCUT2D eigenvalue weighted by molar-refractivity contribution is 0.356. The van der Waals surface area contributed by atoms with Crippen molar-refractivity contribution in [1.29, 1.82) is 0 Å². The van der Waals surface area contributed by atoms with Gasteiger partial charge in [0.15, 0.2) is 0 Å². The number of nitrogens with zero attached hydrogens (tertiary/aromatic N) is 1. The third kappa shape index (κ3) is 1.36. The molecule has 1 aromatic rings. The molecule has 0 saturated carbocycles. The molecule has 0 aromatic heterocycles. The highest BCUT2D eigenvalue weighted by Gasteiger charge is 2.27. The molecule has 0 spiro atoms. The van der Waals surface area contributed by atoms with Gasteiger partial charge in [-0.05, 0) is 13.0 Å². The maximum atomic E-state index is 11.4. The number of hydrogen-bond acceptors (Lipinski definition) is 2. The van der Waals surface area contributed by atoms with Gasteiger partial charge in [0.1, 0.15) is 5.75 Å². The summed E-state index contributed by atoms with van der Waals surface area (Å²) in [6.07, 6.45) is 0. The highest BCUT2D eigenvalue weighted by Crippen LogP contribution is 2.34. The molecular formula is C9H11NO2S. The summed E-state index contributed by atoms with van der Waals surface area (Å²) in [6, 6.07) is 7.82. The Balaban J connectivity index is 2.49. The Morgan fingerprint density at radius 2 is 2.15 bits per heavy atom. The lowest BCUT2D eigenvalue weighted by atomic mass is 10.1. The minimum absolute atomic E-state index is 0.144. The molecule has 13 heavy (non-hydrogen) atoms. The molecule has 0 aliphatic carbocycles. The molecule has 1 aliphatic rings. The molecule has 1 aliphatic heterocycles. The number of rotatable bonds is 0. The van der Waals surface area contributed by atoms with Crippen LogP contribution in [0.15, 0.2) is 24.3 Å². The number of para-hydroxylation sites is 1. The third-order valence-electron chi connectivity index (χ3n) is 2.31. The summed E-state index contributed by atoms with van der Waals surface area (Å²) in [5, 5.41) is 0. The molecule has 2 unspecified atom stereocenters. The van der Waals surface area contributed by atoms with E-state index in [1.165, 1.54) is 0 Å². The second-order valence-electron chi connectivity index (χ2n) is 3.06. The van der Waals surface area contributed by atoms with E-state index in [1.54, 1.807) is 11.4 Å². The quantitative estimate of drug-likeness (QED) is 0.633. The molecule has 0 N–H and O–H groups in total. The summed E-state index contributed by atoms with van der Waals surface area (Å²) < 4.78 is 18.3. The Morgan fingerprint density at radius 3 is 2.92 bits per heavy atom. The molecule has 70 valence electrons. The van der Waals surface area contributed by atoms with Gasteiger partial charge >= 0.3 is 0 Å². The molecule has 0 fully saturated rings. The van der Waals surface area contributed by atoms with E-state index in [0.29, 0.717) is 0 Å². The molecule has 2 atom stereocenters. The molecule has 1 aromatic carbocycles. The Labute approximate surface area is 80.1 Å². The van der Waals surface area contributed by atoms with Gasteiger partial charge in [-0.1, -0.05) is 18.2 Å².